The van der Waals surface area contributed by atoms with Crippen LogP contribution in [0.5, 0.6) is 11.5 Å². The van der Waals surface area contributed by atoms with E-state index in [9.17, 15) is 13.2 Å². The SMILES string of the molecule is CCc1ccc(CC(=O)C2(c3ccc4c(c3)OCO4)CC2)cc1-c1cccc(S(N)(=O)=O)c1.[HH]. The smallest absolute Gasteiger partial charge is 0.238 e. The maximum Gasteiger partial charge on any atom is 0.238 e. The standard InChI is InChI=1S/C26H25NO5S.H2/c1-2-18-7-6-17(12-22(18)19-4-3-5-21(14-19)33(27,29)30)13-25(28)26(10-11-26)20-8-9-23-24(15-20)32-16-31-23;/h3-9,12,14-15H,2,10-11,13,16H2,1H3,(H2,27,29,30);1H. The fourth-order valence-corrected chi connectivity index (χ4v) is 5.11. The van der Waals surface area contributed by atoms with Gasteiger partial charge in [-0.2, -0.15) is 0 Å². The van der Waals surface area contributed by atoms with Gasteiger partial charge in [0.1, 0.15) is 5.78 Å². The van der Waals surface area contributed by atoms with Crippen LogP contribution in [0.3, 0.4) is 0 Å². The summed E-state index contributed by atoms with van der Waals surface area (Å²) in [5.41, 5.74) is 4.17. The zero-order chi connectivity index (χ0) is 23.2. The molecule has 1 heterocycles. The number of rotatable bonds is 7. The number of hydrogen-bond acceptors (Lipinski definition) is 5. The van der Waals surface area contributed by atoms with Crippen LogP contribution in [0.1, 0.15) is 37.9 Å². The third-order valence-electron chi connectivity index (χ3n) is 6.60. The second kappa shape index (κ2) is 8.01. The summed E-state index contributed by atoms with van der Waals surface area (Å²) in [7, 11) is -3.80. The highest BCUT2D eigenvalue weighted by molar-refractivity contribution is 7.89. The van der Waals surface area contributed by atoms with Gasteiger partial charge in [0.15, 0.2) is 11.5 Å². The molecule has 172 valence electrons. The monoisotopic (exact) mass is 465 g/mol. The molecule has 0 unspecified atom stereocenters. The number of carbonyl (C=O) groups is 1. The molecule has 0 amide bonds. The Labute approximate surface area is 194 Å². The first kappa shape index (κ1) is 21.7. The lowest BCUT2D eigenvalue weighted by Gasteiger charge is -2.17. The summed E-state index contributed by atoms with van der Waals surface area (Å²) in [4.78, 5) is 13.5. The molecule has 2 aliphatic rings. The van der Waals surface area contributed by atoms with Crippen LogP contribution in [-0.4, -0.2) is 21.0 Å². The maximum absolute atomic E-state index is 13.4. The summed E-state index contributed by atoms with van der Waals surface area (Å²) in [6.07, 6.45) is 2.73. The van der Waals surface area contributed by atoms with Gasteiger partial charge in [0, 0.05) is 7.85 Å². The van der Waals surface area contributed by atoms with Gasteiger partial charge >= 0.3 is 0 Å². The number of nitrogens with two attached hydrogens (primary N) is 1. The van der Waals surface area contributed by atoms with E-state index in [1.54, 1.807) is 12.1 Å². The van der Waals surface area contributed by atoms with Crippen LogP contribution in [0.4, 0.5) is 0 Å². The van der Waals surface area contributed by atoms with E-state index in [2.05, 4.69) is 0 Å². The Kier molecular flexibility index (Phi) is 5.26. The van der Waals surface area contributed by atoms with Gasteiger partial charge in [0.05, 0.1) is 10.3 Å². The third kappa shape index (κ3) is 4.03. The molecule has 7 heteroatoms. The zero-order valence-corrected chi connectivity index (χ0v) is 19.2. The molecule has 1 aliphatic heterocycles. The first-order chi connectivity index (χ1) is 15.8. The Morgan fingerprint density at radius 3 is 2.55 bits per heavy atom. The summed E-state index contributed by atoms with van der Waals surface area (Å²) in [6, 6.07) is 18.4. The van der Waals surface area contributed by atoms with E-state index in [4.69, 9.17) is 14.6 Å². The van der Waals surface area contributed by atoms with Crippen LogP contribution in [-0.2, 0) is 33.1 Å². The average molecular weight is 466 g/mol. The van der Waals surface area contributed by atoms with Crippen LogP contribution in [0, 0.1) is 0 Å². The van der Waals surface area contributed by atoms with Crippen LogP contribution >= 0.6 is 0 Å². The molecule has 1 saturated carbocycles. The Balaban J connectivity index is 0.00000274. The summed E-state index contributed by atoms with van der Waals surface area (Å²) >= 11 is 0. The Bertz CT molecular complexity index is 1370. The molecule has 33 heavy (non-hydrogen) atoms. The first-order valence-electron chi connectivity index (χ1n) is 11.0. The Morgan fingerprint density at radius 1 is 1.03 bits per heavy atom. The molecule has 6 nitrogen and oxygen atoms in total. The minimum Gasteiger partial charge on any atom is -0.454 e. The minimum atomic E-state index is -3.80. The summed E-state index contributed by atoms with van der Waals surface area (Å²) in [5, 5.41) is 5.32. The largest absolute Gasteiger partial charge is 0.454 e. The number of benzene rings is 3. The van der Waals surface area contributed by atoms with Crippen molar-refractivity contribution in [1.82, 2.24) is 0 Å². The minimum absolute atomic E-state index is 0. The van der Waals surface area contributed by atoms with Gasteiger partial charge in [-0.3, -0.25) is 4.79 Å². The lowest BCUT2D eigenvalue weighted by molar-refractivity contribution is -0.120. The number of fused-ring (bicyclic) bond motifs is 1. The second-order valence-corrected chi connectivity index (χ2v) is 10.2. The second-order valence-electron chi connectivity index (χ2n) is 8.67. The Hall–Kier alpha value is -3.16. The number of ether oxygens (including phenoxy) is 2. The number of hydrogen-bond donors (Lipinski definition) is 1. The van der Waals surface area contributed by atoms with Crippen LogP contribution in [0.25, 0.3) is 11.1 Å². The van der Waals surface area contributed by atoms with Crippen molar-refractivity contribution in [3.05, 3.63) is 77.4 Å². The van der Waals surface area contributed by atoms with Crippen molar-refractivity contribution in [2.45, 2.75) is 42.9 Å². The fourth-order valence-electron chi connectivity index (χ4n) is 4.55. The third-order valence-corrected chi connectivity index (χ3v) is 7.51. The molecule has 0 aromatic heterocycles. The number of aryl methyl sites for hydroxylation is 1. The van der Waals surface area contributed by atoms with E-state index < -0.39 is 15.4 Å². The van der Waals surface area contributed by atoms with Crippen LogP contribution in [0.2, 0.25) is 0 Å². The van der Waals surface area contributed by atoms with Gasteiger partial charge in [-0.25, -0.2) is 13.6 Å². The van der Waals surface area contributed by atoms with Gasteiger partial charge in [0.2, 0.25) is 16.8 Å². The van der Waals surface area contributed by atoms with E-state index in [0.717, 1.165) is 47.1 Å². The molecule has 5 rings (SSSR count). The molecule has 0 radical (unpaired) electrons. The van der Waals surface area contributed by atoms with E-state index in [1.165, 1.54) is 6.07 Å². The predicted molar refractivity (Wildman–Crippen MR) is 127 cm³/mol. The highest BCUT2D eigenvalue weighted by atomic mass is 32.2. The van der Waals surface area contributed by atoms with Gasteiger partial charge in [-0.1, -0.05) is 43.3 Å². The van der Waals surface area contributed by atoms with Gasteiger partial charge in [0.25, 0.3) is 0 Å². The van der Waals surface area contributed by atoms with Crippen molar-refractivity contribution in [2.75, 3.05) is 6.79 Å². The summed E-state index contributed by atoms with van der Waals surface area (Å²) in [6.45, 7) is 2.25. The van der Waals surface area contributed by atoms with E-state index in [-0.39, 0.29) is 18.9 Å². The highest BCUT2D eigenvalue weighted by Crippen LogP contribution is 2.51. The summed E-state index contributed by atoms with van der Waals surface area (Å²) < 4.78 is 34.5. The van der Waals surface area contributed by atoms with Gasteiger partial charge in [-0.15, -0.1) is 0 Å². The lowest BCUT2D eigenvalue weighted by Crippen LogP contribution is -2.22. The molecule has 0 bridgehead atoms. The molecule has 1 aliphatic carbocycles. The molecule has 0 spiro atoms. The van der Waals surface area contributed by atoms with Crippen molar-refractivity contribution in [3.8, 4) is 22.6 Å². The van der Waals surface area contributed by atoms with Crippen molar-refractivity contribution < 1.29 is 24.1 Å². The summed E-state index contributed by atoms with van der Waals surface area (Å²) in [5.74, 6) is 1.58. The van der Waals surface area contributed by atoms with E-state index in [0.29, 0.717) is 17.9 Å². The lowest BCUT2D eigenvalue weighted by atomic mass is 9.86. The molecule has 3 aromatic carbocycles. The van der Waals surface area contributed by atoms with E-state index >= 15 is 0 Å². The van der Waals surface area contributed by atoms with Crippen molar-refractivity contribution in [3.63, 3.8) is 0 Å². The number of sulfonamides is 1. The van der Waals surface area contributed by atoms with Crippen LogP contribution < -0.4 is 14.6 Å². The molecule has 2 N–H and O–H groups in total. The van der Waals surface area contributed by atoms with Gasteiger partial charge < -0.3 is 9.47 Å². The number of Topliss-reactive ketones (excluding diaryl/α,β-unsaturated/α-hetero) is 1. The van der Waals surface area contributed by atoms with Gasteiger partial charge in [-0.05, 0) is 71.3 Å². The molecule has 1 fully saturated rings. The van der Waals surface area contributed by atoms with Crippen LogP contribution in [0.15, 0.2) is 65.6 Å². The molecule has 0 atom stereocenters. The predicted octanol–water partition coefficient (Wildman–Crippen LogP) is 4.38. The number of ketones is 1. The topological polar surface area (TPSA) is 95.7 Å². The first-order valence-corrected chi connectivity index (χ1v) is 12.5. The molecular weight excluding hydrogens is 438 g/mol. The Morgan fingerprint density at radius 2 is 1.82 bits per heavy atom. The molecule has 3 aromatic rings. The number of primary sulfonamides is 1. The quantitative estimate of drug-likeness (QED) is 0.559. The number of carbonyl (C=O) groups excluding carboxylic acids is 1. The van der Waals surface area contributed by atoms with E-state index in [1.807, 2.05) is 49.4 Å². The zero-order valence-electron chi connectivity index (χ0n) is 18.3. The van der Waals surface area contributed by atoms with Crippen molar-refractivity contribution in [2.24, 2.45) is 5.14 Å². The average Bonchev–Trinajstić information content (AvgIpc) is 3.49. The van der Waals surface area contributed by atoms with Crippen molar-refractivity contribution in [1.29, 1.82) is 0 Å². The molecule has 0 saturated heterocycles. The maximum atomic E-state index is 13.4. The van der Waals surface area contributed by atoms with Crippen molar-refractivity contribution >= 4 is 15.8 Å². The fraction of sp³-hybridized carbons (Fsp3) is 0.269. The normalized spacial score (nSPS) is 15.9. The highest BCUT2D eigenvalue weighted by Gasteiger charge is 2.50. The molecular formula is C26H27NO5S.